The molecule has 0 aromatic carbocycles. The highest BCUT2D eigenvalue weighted by molar-refractivity contribution is 5.76. The van der Waals surface area contributed by atoms with Gasteiger partial charge in [0, 0.05) is 13.0 Å². The number of carbonyl (C=O) groups is 1. The maximum Gasteiger partial charge on any atom is 0.220 e. The summed E-state index contributed by atoms with van der Waals surface area (Å²) in [5.41, 5.74) is 0. The van der Waals surface area contributed by atoms with Crippen LogP contribution < -0.4 is 5.32 Å². The summed E-state index contributed by atoms with van der Waals surface area (Å²) in [6.07, 6.45) is 5.58. The highest BCUT2D eigenvalue weighted by atomic mass is 16.3. The number of fused-ring (bicyclic) bond motifs is 2. The lowest BCUT2D eigenvalue weighted by molar-refractivity contribution is -0.123. The molecular formula is C14H25NO2. The third-order valence-electron chi connectivity index (χ3n) is 4.61. The minimum Gasteiger partial charge on any atom is -0.391 e. The monoisotopic (exact) mass is 239 g/mol. The average Bonchev–Trinajstić information content (AvgIpc) is 2.87. The van der Waals surface area contributed by atoms with E-state index in [9.17, 15) is 9.90 Å². The van der Waals surface area contributed by atoms with Crippen LogP contribution in [0.3, 0.4) is 0 Å². The molecule has 1 amide bonds. The van der Waals surface area contributed by atoms with Crippen LogP contribution in [0.15, 0.2) is 0 Å². The van der Waals surface area contributed by atoms with Crippen molar-refractivity contribution >= 4 is 5.91 Å². The Morgan fingerprint density at radius 3 is 2.65 bits per heavy atom. The molecule has 2 fully saturated rings. The average molecular weight is 239 g/mol. The third-order valence-corrected chi connectivity index (χ3v) is 4.61. The number of amides is 1. The normalized spacial score (nSPS) is 33.1. The van der Waals surface area contributed by atoms with Gasteiger partial charge in [0.25, 0.3) is 0 Å². The van der Waals surface area contributed by atoms with Crippen molar-refractivity contribution in [3.05, 3.63) is 0 Å². The van der Waals surface area contributed by atoms with Gasteiger partial charge in [-0.2, -0.15) is 0 Å². The summed E-state index contributed by atoms with van der Waals surface area (Å²) in [7, 11) is 0. The van der Waals surface area contributed by atoms with E-state index in [1.807, 2.05) is 13.8 Å². The zero-order valence-corrected chi connectivity index (χ0v) is 11.0. The quantitative estimate of drug-likeness (QED) is 0.770. The van der Waals surface area contributed by atoms with Gasteiger partial charge in [-0.15, -0.1) is 0 Å². The Morgan fingerprint density at radius 2 is 2.12 bits per heavy atom. The predicted octanol–water partition coefficient (Wildman–Crippen LogP) is 1.95. The Morgan fingerprint density at radius 1 is 1.35 bits per heavy atom. The molecule has 2 aliphatic rings. The van der Waals surface area contributed by atoms with Crippen molar-refractivity contribution in [1.29, 1.82) is 0 Å². The summed E-state index contributed by atoms with van der Waals surface area (Å²) < 4.78 is 0. The van der Waals surface area contributed by atoms with Gasteiger partial charge in [0.2, 0.25) is 5.91 Å². The van der Waals surface area contributed by atoms with E-state index in [2.05, 4.69) is 5.32 Å². The van der Waals surface area contributed by atoms with E-state index < -0.39 is 6.10 Å². The van der Waals surface area contributed by atoms with Crippen molar-refractivity contribution < 1.29 is 9.90 Å². The molecule has 0 radical (unpaired) electrons. The van der Waals surface area contributed by atoms with Crippen LogP contribution >= 0.6 is 0 Å². The van der Waals surface area contributed by atoms with Crippen molar-refractivity contribution in [2.24, 2.45) is 23.7 Å². The SMILES string of the molecule is CC(C)[C@@H](O)CNC(=O)C[C@H]1C[C@H]2CC[C@H]1C2. The third kappa shape index (κ3) is 3.21. The molecule has 2 rings (SSSR count). The number of carbonyl (C=O) groups excluding carboxylic acids is 1. The lowest BCUT2D eigenvalue weighted by atomic mass is 9.86. The van der Waals surface area contributed by atoms with E-state index in [-0.39, 0.29) is 11.8 Å². The first-order chi connectivity index (χ1) is 8.06. The zero-order chi connectivity index (χ0) is 12.4. The van der Waals surface area contributed by atoms with Crippen LogP contribution in [0.1, 0.15) is 46.0 Å². The van der Waals surface area contributed by atoms with Crippen LogP contribution in [-0.2, 0) is 4.79 Å². The minimum atomic E-state index is -0.418. The highest BCUT2D eigenvalue weighted by Crippen LogP contribution is 2.49. The minimum absolute atomic E-state index is 0.127. The van der Waals surface area contributed by atoms with Crippen LogP contribution in [0.5, 0.6) is 0 Å². The molecule has 2 aliphatic carbocycles. The van der Waals surface area contributed by atoms with Crippen LogP contribution in [0, 0.1) is 23.7 Å². The lowest BCUT2D eigenvalue weighted by Gasteiger charge is -2.21. The number of hydrogen-bond donors (Lipinski definition) is 2. The molecule has 4 atom stereocenters. The Bertz CT molecular complexity index is 277. The predicted molar refractivity (Wildman–Crippen MR) is 67.4 cm³/mol. The fraction of sp³-hybridized carbons (Fsp3) is 0.929. The molecule has 0 aliphatic heterocycles. The summed E-state index contributed by atoms with van der Waals surface area (Å²) in [5, 5.41) is 12.5. The van der Waals surface area contributed by atoms with Gasteiger partial charge in [0.15, 0.2) is 0 Å². The highest BCUT2D eigenvalue weighted by Gasteiger charge is 2.40. The summed E-state index contributed by atoms with van der Waals surface area (Å²) in [4.78, 5) is 11.8. The second-order valence-electron chi connectivity index (χ2n) is 6.25. The van der Waals surface area contributed by atoms with Gasteiger partial charge in [-0.25, -0.2) is 0 Å². The molecule has 2 N–H and O–H groups in total. The molecule has 3 heteroatoms. The fourth-order valence-corrected chi connectivity index (χ4v) is 3.39. The number of nitrogens with one attached hydrogen (secondary N) is 1. The molecule has 0 heterocycles. The summed E-state index contributed by atoms with van der Waals surface area (Å²) >= 11 is 0. The second-order valence-corrected chi connectivity index (χ2v) is 6.25. The summed E-state index contributed by atoms with van der Waals surface area (Å²) in [6.45, 7) is 4.33. The second kappa shape index (κ2) is 5.38. The standard InChI is InChI=1S/C14H25NO2/c1-9(2)13(16)8-15-14(17)7-12-6-10-3-4-11(12)5-10/h9-13,16H,3-8H2,1-2H3,(H,15,17)/t10-,11-,12+,13-/m0/s1. The van der Waals surface area contributed by atoms with Gasteiger partial charge in [-0.3, -0.25) is 4.79 Å². The van der Waals surface area contributed by atoms with Crippen molar-refractivity contribution in [1.82, 2.24) is 5.32 Å². The van der Waals surface area contributed by atoms with Crippen molar-refractivity contribution in [2.45, 2.75) is 52.1 Å². The van der Waals surface area contributed by atoms with Crippen molar-refractivity contribution in [2.75, 3.05) is 6.54 Å². The van der Waals surface area contributed by atoms with Gasteiger partial charge < -0.3 is 10.4 Å². The topological polar surface area (TPSA) is 49.3 Å². The maximum atomic E-state index is 11.8. The van der Waals surface area contributed by atoms with E-state index in [1.165, 1.54) is 25.7 Å². The van der Waals surface area contributed by atoms with E-state index in [0.717, 1.165) is 11.8 Å². The summed E-state index contributed by atoms with van der Waals surface area (Å²) in [5.74, 6) is 2.66. The molecule has 2 bridgehead atoms. The zero-order valence-electron chi connectivity index (χ0n) is 11.0. The Labute approximate surface area is 104 Å². The number of aliphatic hydroxyl groups is 1. The van der Waals surface area contributed by atoms with Gasteiger partial charge in [-0.05, 0) is 42.9 Å². The van der Waals surface area contributed by atoms with Gasteiger partial charge in [-0.1, -0.05) is 20.3 Å². The first-order valence-electron chi connectivity index (χ1n) is 7.01. The van der Waals surface area contributed by atoms with Crippen molar-refractivity contribution in [3.63, 3.8) is 0 Å². The van der Waals surface area contributed by atoms with Crippen LogP contribution in [-0.4, -0.2) is 23.7 Å². The lowest BCUT2D eigenvalue weighted by Crippen LogP contribution is -2.36. The Hall–Kier alpha value is -0.570. The number of rotatable bonds is 5. The maximum absolute atomic E-state index is 11.8. The number of aliphatic hydroxyl groups excluding tert-OH is 1. The molecule has 0 aromatic heterocycles. The first kappa shape index (κ1) is 12.9. The summed E-state index contributed by atoms with van der Waals surface area (Å²) in [6, 6.07) is 0. The van der Waals surface area contributed by atoms with Crippen molar-refractivity contribution in [3.8, 4) is 0 Å². The van der Waals surface area contributed by atoms with Gasteiger partial charge in [0.1, 0.15) is 0 Å². The first-order valence-corrected chi connectivity index (χ1v) is 7.01. The Balaban J connectivity index is 1.67. The molecule has 0 spiro atoms. The molecule has 0 unspecified atom stereocenters. The van der Waals surface area contributed by atoms with E-state index >= 15 is 0 Å². The van der Waals surface area contributed by atoms with E-state index in [1.54, 1.807) is 0 Å². The molecule has 0 aromatic rings. The van der Waals surface area contributed by atoms with Crippen LogP contribution in [0.4, 0.5) is 0 Å². The van der Waals surface area contributed by atoms with E-state index in [0.29, 0.717) is 18.9 Å². The van der Waals surface area contributed by atoms with Gasteiger partial charge in [0.05, 0.1) is 6.10 Å². The molecular weight excluding hydrogens is 214 g/mol. The largest absolute Gasteiger partial charge is 0.391 e. The van der Waals surface area contributed by atoms with Crippen LogP contribution in [0.25, 0.3) is 0 Å². The Kier molecular flexibility index (Phi) is 4.08. The smallest absolute Gasteiger partial charge is 0.220 e. The van der Waals surface area contributed by atoms with Gasteiger partial charge >= 0.3 is 0 Å². The molecule has 17 heavy (non-hydrogen) atoms. The molecule has 2 saturated carbocycles. The van der Waals surface area contributed by atoms with E-state index in [4.69, 9.17) is 0 Å². The molecule has 3 nitrogen and oxygen atoms in total. The fourth-order valence-electron chi connectivity index (χ4n) is 3.39. The van der Waals surface area contributed by atoms with Crippen LogP contribution in [0.2, 0.25) is 0 Å². The molecule has 0 saturated heterocycles. The number of hydrogen-bond acceptors (Lipinski definition) is 2. The molecule has 98 valence electrons.